The fourth-order valence-electron chi connectivity index (χ4n) is 11.2. The number of hydrogen-bond acceptors (Lipinski definition) is 13. The second-order valence-corrected chi connectivity index (χ2v) is 20.1. The molecule has 6 aliphatic rings. The maximum atomic E-state index is 16.3. The van der Waals surface area contributed by atoms with Crippen molar-refractivity contribution in [3.8, 4) is 5.75 Å². The van der Waals surface area contributed by atoms with Gasteiger partial charge in [-0.1, -0.05) is 11.6 Å². The largest absolute Gasteiger partial charge is 0.478 e. The Morgan fingerprint density at radius 3 is 2.56 bits per heavy atom. The predicted molar refractivity (Wildman–Crippen MR) is 254 cm³/mol. The Kier molecular flexibility index (Phi) is 12.5. The number of pyridine rings is 1. The van der Waals surface area contributed by atoms with Crippen LogP contribution in [0.4, 0.5) is 27.5 Å². The van der Waals surface area contributed by atoms with Gasteiger partial charge >= 0.3 is 0 Å². The quantitative estimate of drug-likeness (QED) is 0.156. The number of nitrogens with zero attached hydrogens (tertiary/aromatic N) is 7. The van der Waals surface area contributed by atoms with Gasteiger partial charge < -0.3 is 39.4 Å². The number of piperidine rings is 3. The van der Waals surface area contributed by atoms with Crippen LogP contribution in [0.2, 0.25) is 5.02 Å². The van der Waals surface area contributed by atoms with Gasteiger partial charge in [-0.25, -0.2) is 9.37 Å². The minimum absolute atomic E-state index is 0.0234. The summed E-state index contributed by atoms with van der Waals surface area (Å²) in [5.74, 6) is -0.813. The molecule has 360 valence electrons. The minimum Gasteiger partial charge on any atom is -0.478 e. The van der Waals surface area contributed by atoms with Gasteiger partial charge in [0, 0.05) is 85.9 Å². The number of halogens is 2. The molecule has 2 atom stereocenters. The summed E-state index contributed by atoms with van der Waals surface area (Å²) in [6, 6.07) is 10.2. The number of rotatable bonds is 12. The van der Waals surface area contributed by atoms with Crippen molar-refractivity contribution in [3.05, 3.63) is 74.9 Å². The van der Waals surface area contributed by atoms with E-state index in [1.54, 1.807) is 29.0 Å². The van der Waals surface area contributed by atoms with Gasteiger partial charge in [0.25, 0.3) is 17.4 Å². The number of fused-ring (bicyclic) bond motifs is 2. The average molecular weight is 954 g/mol. The summed E-state index contributed by atoms with van der Waals surface area (Å²) in [6.07, 6.45) is 9.26. The highest BCUT2D eigenvalue weighted by Gasteiger charge is 2.47. The number of ether oxygens (including phenoxy) is 2. The molecule has 4 saturated heterocycles. The summed E-state index contributed by atoms with van der Waals surface area (Å²) < 4.78 is 30.2. The van der Waals surface area contributed by atoms with Crippen LogP contribution < -0.4 is 36.0 Å². The van der Waals surface area contributed by atoms with Crippen LogP contribution in [0.3, 0.4) is 0 Å². The van der Waals surface area contributed by atoms with Crippen molar-refractivity contribution >= 4 is 69.3 Å². The maximum absolute atomic E-state index is 16.3. The van der Waals surface area contributed by atoms with E-state index in [0.29, 0.717) is 45.3 Å². The van der Waals surface area contributed by atoms with E-state index >= 15 is 4.39 Å². The summed E-state index contributed by atoms with van der Waals surface area (Å²) in [5.41, 5.74) is 2.34. The Balaban J connectivity index is 0.708. The topological polar surface area (TPSA) is 184 Å². The SMILES string of the molecule is CNC(=O)COc1cc2cc(Nc3nc(N4CCC(O[C@H]5C[C@H](N6CCCC7(CCN(c8ccc9c(c8F)CN(C8CCC(=O)NC8=O)C9=O)C7)C6)C5)CC4)ncc3Cl)ccc2n(C(C)C)c1=O. The molecule has 1 saturated carbocycles. The summed E-state index contributed by atoms with van der Waals surface area (Å²) in [5, 5.41) is 9.28. The smallest absolute Gasteiger partial charge is 0.293 e. The van der Waals surface area contributed by atoms with Crippen molar-refractivity contribution in [2.45, 2.75) is 109 Å². The van der Waals surface area contributed by atoms with Gasteiger partial charge in [0.05, 0.1) is 36.2 Å². The van der Waals surface area contributed by atoms with E-state index in [2.05, 4.69) is 35.6 Å². The molecule has 0 bridgehead atoms. The average Bonchev–Trinajstić information content (AvgIpc) is 3.87. The van der Waals surface area contributed by atoms with E-state index in [1.807, 2.05) is 32.0 Å². The number of hydrogen-bond donors (Lipinski definition) is 3. The number of carbonyl (C=O) groups is 4. The van der Waals surface area contributed by atoms with E-state index in [9.17, 15) is 24.0 Å². The molecule has 4 aromatic rings. The van der Waals surface area contributed by atoms with Crippen molar-refractivity contribution in [1.82, 2.24) is 35.0 Å². The van der Waals surface area contributed by atoms with Gasteiger partial charge in [0.1, 0.15) is 11.1 Å². The number of carbonyl (C=O) groups excluding carboxylic acids is 4. The lowest BCUT2D eigenvalue weighted by Gasteiger charge is -2.50. The van der Waals surface area contributed by atoms with Crippen LogP contribution in [0.15, 0.2) is 47.4 Å². The van der Waals surface area contributed by atoms with E-state index in [4.69, 9.17) is 26.1 Å². The number of amides is 4. The number of likely N-dealkylation sites (tertiary alicyclic amines) is 1. The lowest BCUT2D eigenvalue weighted by Crippen LogP contribution is -2.55. The lowest BCUT2D eigenvalue weighted by molar-refractivity contribution is -0.137. The van der Waals surface area contributed by atoms with E-state index in [-0.39, 0.29) is 84.5 Å². The molecular formula is C49H58ClFN10O7. The Morgan fingerprint density at radius 2 is 1.79 bits per heavy atom. The van der Waals surface area contributed by atoms with Gasteiger partial charge in [0.2, 0.25) is 17.8 Å². The molecule has 1 spiro atoms. The first-order chi connectivity index (χ1) is 32.8. The van der Waals surface area contributed by atoms with Crippen LogP contribution >= 0.6 is 11.6 Å². The van der Waals surface area contributed by atoms with Crippen LogP contribution in [0, 0.1) is 11.2 Å². The van der Waals surface area contributed by atoms with Crippen molar-refractivity contribution < 1.29 is 33.0 Å². The molecule has 4 amide bonds. The lowest BCUT2D eigenvalue weighted by atomic mass is 9.76. The molecule has 19 heteroatoms. The standard InChI is InChI=1S/C49H58ClFN10O7/c1-28(2)61-37-7-5-30(19-29(37)20-40(47(61)66)67-25-42(63)52-3)54-44-36(50)23-53-48(56-44)57-16-11-32(12-17-57)68-33-21-31(22-33)58-15-4-13-49(26-58)14-18-59(27-49)38-8-6-34-35(43(38)51)24-60(46(34)65)39-9-10-41(62)55-45(39)64/h5-8,19-20,23,28,31-33,39H,4,9-18,21-22,24-27H2,1-3H3,(H,52,63)(H,53,54,56)(H,55,62,64)/t31-,33-,39?,49?. The number of anilines is 4. The Morgan fingerprint density at radius 1 is 0.985 bits per heavy atom. The van der Waals surface area contributed by atoms with Gasteiger partial charge in [0.15, 0.2) is 24.0 Å². The third-order valence-corrected chi connectivity index (χ3v) is 15.2. The molecule has 2 aromatic heterocycles. The van der Waals surface area contributed by atoms with E-state index in [1.165, 1.54) is 11.9 Å². The molecule has 17 nitrogen and oxygen atoms in total. The van der Waals surface area contributed by atoms with Gasteiger partial charge in [-0.3, -0.25) is 34.2 Å². The molecule has 3 N–H and O–H groups in total. The molecule has 10 rings (SSSR count). The summed E-state index contributed by atoms with van der Waals surface area (Å²) in [6.45, 7) is 8.62. The van der Waals surface area contributed by atoms with E-state index < -0.39 is 11.9 Å². The van der Waals surface area contributed by atoms with Crippen LogP contribution in [0.1, 0.15) is 93.6 Å². The third kappa shape index (κ3) is 8.86. The normalized spacial score (nSPS) is 24.5. The molecule has 5 aliphatic heterocycles. The van der Waals surface area contributed by atoms with Crippen molar-refractivity contribution in [2.24, 2.45) is 5.41 Å². The predicted octanol–water partition coefficient (Wildman–Crippen LogP) is 5.30. The third-order valence-electron chi connectivity index (χ3n) is 14.9. The summed E-state index contributed by atoms with van der Waals surface area (Å²) in [4.78, 5) is 80.4. The van der Waals surface area contributed by atoms with Crippen LogP contribution in [0.25, 0.3) is 10.9 Å². The molecule has 5 fully saturated rings. The summed E-state index contributed by atoms with van der Waals surface area (Å²) in [7, 11) is 1.51. The monoisotopic (exact) mass is 952 g/mol. The zero-order valence-corrected chi connectivity index (χ0v) is 39.4. The first kappa shape index (κ1) is 45.9. The molecule has 2 unspecified atom stereocenters. The highest BCUT2D eigenvalue weighted by Crippen LogP contribution is 2.45. The summed E-state index contributed by atoms with van der Waals surface area (Å²) >= 11 is 6.62. The Labute approximate surface area is 398 Å². The molecule has 0 radical (unpaired) electrons. The number of likely N-dealkylation sites (N-methyl/N-ethyl adjacent to an activating group) is 1. The Bertz CT molecular complexity index is 2720. The molecule has 68 heavy (non-hydrogen) atoms. The number of imide groups is 1. The minimum atomic E-state index is -0.778. The molecule has 1 aliphatic carbocycles. The zero-order valence-electron chi connectivity index (χ0n) is 38.7. The van der Waals surface area contributed by atoms with Gasteiger partial charge in [-0.15, -0.1) is 0 Å². The molecule has 7 heterocycles. The number of benzene rings is 2. The van der Waals surface area contributed by atoms with Crippen molar-refractivity contribution in [1.29, 1.82) is 0 Å². The first-order valence-corrected chi connectivity index (χ1v) is 24.3. The van der Waals surface area contributed by atoms with E-state index in [0.717, 1.165) is 95.1 Å². The fraction of sp³-hybridized carbons (Fsp3) is 0.531. The second kappa shape index (κ2) is 18.6. The maximum Gasteiger partial charge on any atom is 0.293 e. The highest BCUT2D eigenvalue weighted by atomic mass is 35.5. The number of aromatic nitrogens is 3. The van der Waals surface area contributed by atoms with Crippen LogP contribution in [0.5, 0.6) is 5.75 Å². The molecule has 2 aromatic carbocycles. The van der Waals surface area contributed by atoms with Crippen LogP contribution in [-0.2, 0) is 25.7 Å². The first-order valence-electron chi connectivity index (χ1n) is 23.9. The van der Waals surface area contributed by atoms with Crippen molar-refractivity contribution in [2.75, 3.05) is 68.0 Å². The highest BCUT2D eigenvalue weighted by molar-refractivity contribution is 6.33. The zero-order chi connectivity index (χ0) is 47.4. The Hall–Kier alpha value is -5.85. The van der Waals surface area contributed by atoms with Gasteiger partial charge in [-0.05, 0) is 108 Å². The second-order valence-electron chi connectivity index (χ2n) is 19.6. The molecular weight excluding hydrogens is 895 g/mol. The fourth-order valence-corrected chi connectivity index (χ4v) is 11.4. The van der Waals surface area contributed by atoms with Gasteiger partial charge in [-0.2, -0.15) is 4.98 Å². The van der Waals surface area contributed by atoms with Crippen LogP contribution in [-0.4, -0.2) is 125 Å². The van der Waals surface area contributed by atoms with Crippen molar-refractivity contribution in [3.63, 3.8) is 0 Å². The number of nitrogens with one attached hydrogen (secondary N) is 3.